The van der Waals surface area contributed by atoms with Crippen molar-refractivity contribution in [1.29, 1.82) is 0 Å². The molecule has 3 rings (SSSR count). The lowest BCUT2D eigenvalue weighted by Gasteiger charge is -2.38. The van der Waals surface area contributed by atoms with Crippen LogP contribution in [-0.2, 0) is 9.59 Å². The maximum absolute atomic E-state index is 12.6. The first kappa shape index (κ1) is 17.2. The second kappa shape index (κ2) is 7.49. The van der Waals surface area contributed by atoms with Crippen LogP contribution in [-0.4, -0.2) is 96.6 Å². The Hall–Kier alpha value is -1.66. The zero-order valence-corrected chi connectivity index (χ0v) is 14.8. The Morgan fingerprint density at radius 2 is 1.00 bits per heavy atom. The van der Waals surface area contributed by atoms with Gasteiger partial charge in [0.25, 0.3) is 0 Å². The third kappa shape index (κ3) is 3.54. The molecule has 0 spiro atoms. The summed E-state index contributed by atoms with van der Waals surface area (Å²) in [6.07, 6.45) is 3.12. The number of piperazine rings is 2. The molecular weight excluding hydrogens is 304 g/mol. The van der Waals surface area contributed by atoms with E-state index in [1.54, 1.807) is 12.2 Å². The summed E-state index contributed by atoms with van der Waals surface area (Å²) in [4.78, 5) is 34.0. The quantitative estimate of drug-likeness (QED) is 0.685. The Morgan fingerprint density at radius 3 is 1.29 bits per heavy atom. The van der Waals surface area contributed by atoms with Crippen LogP contribution in [0.3, 0.4) is 0 Å². The SMILES string of the molecule is CCN1CCN(C2=CC(=O)C(N3CCN(CC)CC3)=CC2=O)CC1. The van der Waals surface area contributed by atoms with E-state index < -0.39 is 0 Å². The second-order valence-electron chi connectivity index (χ2n) is 6.63. The molecule has 2 saturated heterocycles. The molecule has 132 valence electrons. The first-order valence-corrected chi connectivity index (χ1v) is 9.09. The van der Waals surface area contributed by atoms with E-state index in [1.165, 1.54) is 0 Å². The van der Waals surface area contributed by atoms with E-state index in [-0.39, 0.29) is 11.6 Å². The molecule has 6 nitrogen and oxygen atoms in total. The normalized spacial score (nSPS) is 24.2. The summed E-state index contributed by atoms with van der Waals surface area (Å²) < 4.78 is 0. The van der Waals surface area contributed by atoms with Crippen molar-refractivity contribution in [2.45, 2.75) is 13.8 Å². The van der Waals surface area contributed by atoms with E-state index in [0.29, 0.717) is 11.4 Å². The average Bonchev–Trinajstić information content (AvgIpc) is 2.63. The lowest BCUT2D eigenvalue weighted by molar-refractivity contribution is -0.117. The maximum atomic E-state index is 12.6. The molecule has 0 amide bonds. The van der Waals surface area contributed by atoms with Crippen molar-refractivity contribution >= 4 is 11.6 Å². The summed E-state index contributed by atoms with van der Waals surface area (Å²) in [5, 5.41) is 0. The lowest BCUT2D eigenvalue weighted by atomic mass is 10.0. The summed E-state index contributed by atoms with van der Waals surface area (Å²) in [6, 6.07) is 0. The number of hydrogen-bond donors (Lipinski definition) is 0. The van der Waals surface area contributed by atoms with Gasteiger partial charge >= 0.3 is 0 Å². The minimum Gasteiger partial charge on any atom is -0.366 e. The molecule has 1 aliphatic carbocycles. The van der Waals surface area contributed by atoms with Gasteiger partial charge in [0.1, 0.15) is 0 Å². The minimum absolute atomic E-state index is 0.0209. The zero-order valence-electron chi connectivity index (χ0n) is 14.8. The molecule has 24 heavy (non-hydrogen) atoms. The largest absolute Gasteiger partial charge is 0.366 e. The number of allylic oxidation sites excluding steroid dienone is 2. The van der Waals surface area contributed by atoms with Gasteiger partial charge in [0.05, 0.1) is 11.4 Å². The van der Waals surface area contributed by atoms with Gasteiger partial charge in [-0.15, -0.1) is 0 Å². The third-order valence-electron chi connectivity index (χ3n) is 5.36. The first-order chi connectivity index (χ1) is 11.6. The molecule has 6 heteroatoms. The fraction of sp³-hybridized carbons (Fsp3) is 0.667. The van der Waals surface area contributed by atoms with Crippen molar-refractivity contribution in [3.8, 4) is 0 Å². The third-order valence-corrected chi connectivity index (χ3v) is 5.36. The van der Waals surface area contributed by atoms with Crippen LogP contribution < -0.4 is 0 Å². The van der Waals surface area contributed by atoms with Crippen LogP contribution in [0.5, 0.6) is 0 Å². The molecular formula is C18H28N4O2. The Bertz CT molecular complexity index is 503. The molecule has 0 N–H and O–H groups in total. The van der Waals surface area contributed by atoms with Gasteiger partial charge < -0.3 is 19.6 Å². The van der Waals surface area contributed by atoms with Crippen LogP contribution in [0.2, 0.25) is 0 Å². The van der Waals surface area contributed by atoms with Crippen LogP contribution in [0.15, 0.2) is 23.5 Å². The maximum Gasteiger partial charge on any atom is 0.204 e. The summed E-state index contributed by atoms with van der Waals surface area (Å²) in [6.45, 7) is 13.4. The predicted molar refractivity (Wildman–Crippen MR) is 93.6 cm³/mol. The zero-order chi connectivity index (χ0) is 17.1. The molecule has 0 bridgehead atoms. The van der Waals surface area contributed by atoms with Crippen LogP contribution in [0, 0.1) is 0 Å². The monoisotopic (exact) mass is 332 g/mol. The van der Waals surface area contributed by atoms with Gasteiger partial charge in [-0.2, -0.15) is 0 Å². The van der Waals surface area contributed by atoms with Crippen molar-refractivity contribution in [3.63, 3.8) is 0 Å². The molecule has 2 fully saturated rings. The number of ketones is 2. The molecule has 2 heterocycles. The number of likely N-dealkylation sites (N-methyl/N-ethyl adjacent to an activating group) is 2. The van der Waals surface area contributed by atoms with Gasteiger partial charge in [0, 0.05) is 64.5 Å². The second-order valence-corrected chi connectivity index (χ2v) is 6.63. The molecule has 2 aliphatic heterocycles. The van der Waals surface area contributed by atoms with Gasteiger partial charge in [-0.1, -0.05) is 13.8 Å². The first-order valence-electron chi connectivity index (χ1n) is 9.09. The number of hydrogen-bond acceptors (Lipinski definition) is 6. The Labute approximate surface area is 144 Å². The molecule has 0 aromatic carbocycles. The van der Waals surface area contributed by atoms with Gasteiger partial charge in [0.2, 0.25) is 11.6 Å². The van der Waals surface area contributed by atoms with Crippen molar-refractivity contribution in [1.82, 2.24) is 19.6 Å². The molecule has 0 unspecified atom stereocenters. The fourth-order valence-electron chi connectivity index (χ4n) is 3.64. The average molecular weight is 332 g/mol. The topological polar surface area (TPSA) is 47.1 Å². The van der Waals surface area contributed by atoms with E-state index in [4.69, 9.17) is 0 Å². The smallest absolute Gasteiger partial charge is 0.204 e. The van der Waals surface area contributed by atoms with E-state index >= 15 is 0 Å². The highest BCUT2D eigenvalue weighted by Gasteiger charge is 2.30. The molecule has 0 saturated carbocycles. The van der Waals surface area contributed by atoms with E-state index in [9.17, 15) is 9.59 Å². The molecule has 0 atom stereocenters. The van der Waals surface area contributed by atoms with Crippen molar-refractivity contribution in [2.24, 2.45) is 0 Å². The molecule has 0 aromatic heterocycles. The minimum atomic E-state index is -0.0209. The standard InChI is InChI=1S/C18H28N4O2/c1-3-19-5-9-21(10-6-19)15-13-18(24)16(14-17(15)23)22-11-7-20(4-2)8-12-22/h13-14H,3-12H2,1-2H3. The highest BCUT2D eigenvalue weighted by molar-refractivity contribution is 6.19. The van der Waals surface area contributed by atoms with Crippen LogP contribution >= 0.6 is 0 Å². The molecule has 0 radical (unpaired) electrons. The highest BCUT2D eigenvalue weighted by Crippen LogP contribution is 2.21. The lowest BCUT2D eigenvalue weighted by Crippen LogP contribution is -2.49. The van der Waals surface area contributed by atoms with E-state index in [0.717, 1.165) is 65.4 Å². The van der Waals surface area contributed by atoms with Crippen molar-refractivity contribution in [2.75, 3.05) is 65.4 Å². The summed E-state index contributed by atoms with van der Waals surface area (Å²) in [7, 11) is 0. The van der Waals surface area contributed by atoms with Crippen LogP contribution in [0.4, 0.5) is 0 Å². The highest BCUT2D eigenvalue weighted by atomic mass is 16.1. The van der Waals surface area contributed by atoms with Crippen LogP contribution in [0.25, 0.3) is 0 Å². The van der Waals surface area contributed by atoms with E-state index in [1.807, 2.05) is 0 Å². The summed E-state index contributed by atoms with van der Waals surface area (Å²) >= 11 is 0. The fourth-order valence-corrected chi connectivity index (χ4v) is 3.64. The molecule has 3 aliphatic rings. The number of carbonyl (C=O) groups is 2. The van der Waals surface area contributed by atoms with Crippen LogP contribution in [0.1, 0.15) is 13.8 Å². The summed E-state index contributed by atoms with van der Waals surface area (Å²) in [5.74, 6) is -0.0417. The van der Waals surface area contributed by atoms with Gasteiger partial charge in [-0.05, 0) is 13.1 Å². The van der Waals surface area contributed by atoms with Gasteiger partial charge in [-0.25, -0.2) is 0 Å². The Morgan fingerprint density at radius 1 is 0.667 bits per heavy atom. The molecule has 0 aromatic rings. The van der Waals surface area contributed by atoms with Gasteiger partial charge in [-0.3, -0.25) is 9.59 Å². The summed E-state index contributed by atoms with van der Waals surface area (Å²) in [5.41, 5.74) is 1.15. The van der Waals surface area contributed by atoms with E-state index in [2.05, 4.69) is 33.4 Å². The number of rotatable bonds is 4. The number of nitrogens with zero attached hydrogens (tertiary/aromatic N) is 4. The van der Waals surface area contributed by atoms with Gasteiger partial charge in [0.15, 0.2) is 0 Å². The van der Waals surface area contributed by atoms with Crippen molar-refractivity contribution < 1.29 is 9.59 Å². The Balaban J connectivity index is 1.64. The predicted octanol–water partition coefficient (Wildman–Crippen LogP) is 0.181. The number of carbonyl (C=O) groups excluding carboxylic acids is 2. The van der Waals surface area contributed by atoms with Crippen molar-refractivity contribution in [3.05, 3.63) is 23.5 Å². The Kier molecular flexibility index (Phi) is 5.36.